The summed E-state index contributed by atoms with van der Waals surface area (Å²) in [5.41, 5.74) is 8.74. The molecule has 2 aliphatic heterocycles. The fraction of sp³-hybridized carbons (Fsp3) is 0.500. The topological polar surface area (TPSA) is 58.8 Å². The Morgan fingerprint density at radius 3 is 2.79 bits per heavy atom. The quantitative estimate of drug-likeness (QED) is 0.720. The molecule has 19 heavy (non-hydrogen) atoms. The van der Waals surface area contributed by atoms with Crippen LogP contribution in [0.5, 0.6) is 0 Å². The van der Waals surface area contributed by atoms with Gasteiger partial charge in [-0.1, -0.05) is 6.07 Å². The van der Waals surface area contributed by atoms with E-state index in [4.69, 9.17) is 10.5 Å². The number of hydrogen-bond donors (Lipinski definition) is 1. The Kier molecular flexibility index (Phi) is 3.29. The minimum Gasteiger partial charge on any atom is -0.399 e. The summed E-state index contributed by atoms with van der Waals surface area (Å²) < 4.78 is 5.29. The van der Waals surface area contributed by atoms with Crippen molar-refractivity contribution < 1.29 is 9.53 Å². The molecule has 0 saturated carbocycles. The molecule has 0 radical (unpaired) electrons. The maximum atomic E-state index is 12.6. The van der Waals surface area contributed by atoms with Crippen molar-refractivity contribution in [2.75, 3.05) is 43.5 Å². The molecule has 0 bridgehead atoms. The lowest BCUT2D eigenvalue weighted by Gasteiger charge is -2.36. The molecule has 2 amide bonds. The molecule has 0 aliphatic carbocycles. The summed E-state index contributed by atoms with van der Waals surface area (Å²) >= 11 is 0. The summed E-state index contributed by atoms with van der Waals surface area (Å²) in [4.78, 5) is 16.3. The van der Waals surface area contributed by atoms with E-state index >= 15 is 0 Å². The van der Waals surface area contributed by atoms with E-state index in [1.165, 1.54) is 5.56 Å². The Balaban J connectivity index is 1.86. The lowest BCUT2D eigenvalue weighted by molar-refractivity contribution is 0.0548. The number of anilines is 2. The number of urea groups is 1. The first-order chi connectivity index (χ1) is 9.25. The van der Waals surface area contributed by atoms with Gasteiger partial charge in [-0.3, -0.25) is 4.90 Å². The molecule has 5 nitrogen and oxygen atoms in total. The first-order valence-electron chi connectivity index (χ1n) is 6.78. The predicted octanol–water partition coefficient (Wildman–Crippen LogP) is 1.47. The molecule has 1 saturated heterocycles. The average molecular weight is 261 g/mol. The third kappa shape index (κ3) is 2.38. The highest BCUT2D eigenvalue weighted by molar-refractivity contribution is 5.94. The molecule has 102 valence electrons. The number of ether oxygens (including phenoxy) is 1. The molecule has 2 N–H and O–H groups in total. The highest BCUT2D eigenvalue weighted by Crippen LogP contribution is 2.30. The third-order valence-electron chi connectivity index (χ3n) is 3.74. The van der Waals surface area contributed by atoms with E-state index in [0.29, 0.717) is 32.0 Å². The summed E-state index contributed by atoms with van der Waals surface area (Å²) in [6, 6.07) is 5.92. The highest BCUT2D eigenvalue weighted by atomic mass is 16.5. The van der Waals surface area contributed by atoms with Gasteiger partial charge in [0, 0.05) is 25.3 Å². The van der Waals surface area contributed by atoms with Crippen LogP contribution in [0, 0.1) is 0 Å². The number of nitrogens with two attached hydrogens (primary N) is 1. The molecule has 1 aromatic rings. The molecule has 3 rings (SSSR count). The zero-order chi connectivity index (χ0) is 13.2. The van der Waals surface area contributed by atoms with E-state index in [-0.39, 0.29) is 6.03 Å². The van der Waals surface area contributed by atoms with Crippen molar-refractivity contribution in [3.8, 4) is 0 Å². The van der Waals surface area contributed by atoms with E-state index in [0.717, 1.165) is 25.1 Å². The Morgan fingerprint density at radius 1 is 1.21 bits per heavy atom. The lowest BCUT2D eigenvalue weighted by Crippen LogP contribution is -2.49. The molecular formula is C14H19N3O2. The van der Waals surface area contributed by atoms with Gasteiger partial charge in [-0.15, -0.1) is 0 Å². The smallest absolute Gasteiger partial charge is 0.324 e. The summed E-state index contributed by atoms with van der Waals surface area (Å²) in [5.74, 6) is 0. The van der Waals surface area contributed by atoms with Crippen molar-refractivity contribution in [1.29, 1.82) is 0 Å². The number of rotatable bonds is 0. The SMILES string of the molecule is Nc1ccc2c(c1)N(C(=O)N1CCOCC1)CCC2. The Morgan fingerprint density at radius 2 is 2.00 bits per heavy atom. The Labute approximate surface area is 112 Å². The van der Waals surface area contributed by atoms with Crippen LogP contribution in [0.4, 0.5) is 16.2 Å². The van der Waals surface area contributed by atoms with Crippen LogP contribution in [0.1, 0.15) is 12.0 Å². The summed E-state index contributed by atoms with van der Waals surface area (Å²) in [7, 11) is 0. The first kappa shape index (κ1) is 12.3. The van der Waals surface area contributed by atoms with Gasteiger partial charge in [0.15, 0.2) is 0 Å². The highest BCUT2D eigenvalue weighted by Gasteiger charge is 2.27. The summed E-state index contributed by atoms with van der Waals surface area (Å²) in [6.45, 7) is 3.37. The van der Waals surface area contributed by atoms with Gasteiger partial charge in [0.05, 0.1) is 18.9 Å². The lowest BCUT2D eigenvalue weighted by atomic mass is 10.0. The molecule has 5 heteroatoms. The van der Waals surface area contributed by atoms with Gasteiger partial charge in [0.1, 0.15) is 0 Å². The Hall–Kier alpha value is -1.75. The normalized spacial score (nSPS) is 19.2. The van der Waals surface area contributed by atoms with Gasteiger partial charge in [-0.25, -0.2) is 4.79 Å². The molecule has 1 fully saturated rings. The number of amides is 2. The maximum Gasteiger partial charge on any atom is 0.324 e. The second kappa shape index (κ2) is 5.09. The molecule has 2 heterocycles. The standard InChI is InChI=1S/C14H19N3O2/c15-12-4-3-11-2-1-5-17(13(11)10-12)14(18)16-6-8-19-9-7-16/h3-4,10H,1-2,5-9,15H2. The van der Waals surface area contributed by atoms with Crippen LogP contribution in [-0.2, 0) is 11.2 Å². The van der Waals surface area contributed by atoms with Crippen LogP contribution >= 0.6 is 0 Å². The number of nitrogen functional groups attached to an aromatic ring is 1. The van der Waals surface area contributed by atoms with Crippen LogP contribution in [-0.4, -0.2) is 43.8 Å². The minimum atomic E-state index is 0.0786. The van der Waals surface area contributed by atoms with Crippen LogP contribution in [0.15, 0.2) is 18.2 Å². The van der Waals surface area contributed by atoms with Crippen LogP contribution in [0.2, 0.25) is 0 Å². The predicted molar refractivity (Wildman–Crippen MR) is 74.3 cm³/mol. The van der Waals surface area contributed by atoms with E-state index in [2.05, 4.69) is 0 Å². The van der Waals surface area contributed by atoms with E-state index in [1.54, 1.807) is 0 Å². The minimum absolute atomic E-state index is 0.0786. The second-order valence-corrected chi connectivity index (χ2v) is 5.03. The zero-order valence-electron chi connectivity index (χ0n) is 11.0. The maximum absolute atomic E-state index is 12.6. The van der Waals surface area contributed by atoms with Gasteiger partial charge < -0.3 is 15.4 Å². The molecule has 2 aliphatic rings. The van der Waals surface area contributed by atoms with Crippen LogP contribution in [0.25, 0.3) is 0 Å². The molecule has 0 unspecified atom stereocenters. The van der Waals surface area contributed by atoms with Crippen molar-refractivity contribution in [2.45, 2.75) is 12.8 Å². The van der Waals surface area contributed by atoms with Crippen LogP contribution < -0.4 is 10.6 Å². The number of carbonyl (C=O) groups is 1. The number of fused-ring (bicyclic) bond motifs is 1. The molecule has 1 aromatic carbocycles. The monoisotopic (exact) mass is 261 g/mol. The van der Waals surface area contributed by atoms with Gasteiger partial charge in [-0.05, 0) is 30.5 Å². The van der Waals surface area contributed by atoms with E-state index in [1.807, 2.05) is 28.0 Å². The number of morpholine rings is 1. The second-order valence-electron chi connectivity index (χ2n) is 5.03. The van der Waals surface area contributed by atoms with Crippen LogP contribution in [0.3, 0.4) is 0 Å². The number of aryl methyl sites for hydroxylation is 1. The van der Waals surface area contributed by atoms with E-state index in [9.17, 15) is 4.79 Å². The summed E-state index contributed by atoms with van der Waals surface area (Å²) in [6.07, 6.45) is 2.02. The van der Waals surface area contributed by atoms with E-state index < -0.39 is 0 Å². The zero-order valence-corrected chi connectivity index (χ0v) is 11.0. The average Bonchev–Trinajstić information content (AvgIpc) is 2.47. The van der Waals surface area contributed by atoms with Gasteiger partial charge >= 0.3 is 6.03 Å². The summed E-state index contributed by atoms with van der Waals surface area (Å²) in [5, 5.41) is 0. The molecule has 0 aromatic heterocycles. The number of carbonyl (C=O) groups excluding carboxylic acids is 1. The van der Waals surface area contributed by atoms with Crippen molar-refractivity contribution in [3.63, 3.8) is 0 Å². The number of nitrogens with zero attached hydrogens (tertiary/aromatic N) is 2. The van der Waals surface area contributed by atoms with Crippen molar-refractivity contribution in [1.82, 2.24) is 4.90 Å². The van der Waals surface area contributed by atoms with Gasteiger partial charge in [0.2, 0.25) is 0 Å². The fourth-order valence-electron chi connectivity index (χ4n) is 2.72. The number of benzene rings is 1. The molecule has 0 spiro atoms. The fourth-order valence-corrected chi connectivity index (χ4v) is 2.72. The van der Waals surface area contributed by atoms with Crippen molar-refractivity contribution in [3.05, 3.63) is 23.8 Å². The third-order valence-corrected chi connectivity index (χ3v) is 3.74. The van der Waals surface area contributed by atoms with Crippen molar-refractivity contribution in [2.24, 2.45) is 0 Å². The van der Waals surface area contributed by atoms with Gasteiger partial charge in [0.25, 0.3) is 0 Å². The first-order valence-corrected chi connectivity index (χ1v) is 6.78. The number of hydrogen-bond acceptors (Lipinski definition) is 3. The molecule has 0 atom stereocenters. The molecular weight excluding hydrogens is 242 g/mol. The largest absolute Gasteiger partial charge is 0.399 e. The Bertz CT molecular complexity index is 484. The van der Waals surface area contributed by atoms with Gasteiger partial charge in [-0.2, -0.15) is 0 Å². The van der Waals surface area contributed by atoms with Crippen molar-refractivity contribution >= 4 is 17.4 Å².